The first-order valence-electron chi connectivity index (χ1n) is 11.2. The van der Waals surface area contributed by atoms with Crippen LogP contribution in [0.3, 0.4) is 0 Å². The van der Waals surface area contributed by atoms with Crippen molar-refractivity contribution in [2.24, 2.45) is 5.92 Å². The molecule has 32 heavy (non-hydrogen) atoms. The topological polar surface area (TPSA) is 70.2 Å². The largest absolute Gasteiger partial charge is 0.362 e. The van der Waals surface area contributed by atoms with Crippen LogP contribution in [-0.2, 0) is 11.2 Å². The fraction of sp³-hybridized carbons (Fsp3) is 0.400. The molecule has 0 spiro atoms. The third-order valence-electron chi connectivity index (χ3n) is 6.08. The Labute approximate surface area is 198 Å². The molecule has 1 saturated carbocycles. The highest BCUT2D eigenvalue weighted by Gasteiger charge is 2.23. The Morgan fingerprint density at radius 2 is 1.75 bits per heavy atom. The average molecular weight is 496 g/mol. The number of anilines is 2. The first kappa shape index (κ1) is 22.5. The summed E-state index contributed by atoms with van der Waals surface area (Å²) in [4.78, 5) is 23.9. The third-order valence-corrected chi connectivity index (χ3v) is 6.86. The molecule has 1 fully saturated rings. The van der Waals surface area contributed by atoms with Crippen molar-refractivity contribution in [2.45, 2.75) is 38.1 Å². The van der Waals surface area contributed by atoms with Gasteiger partial charge < -0.3 is 15.5 Å². The number of hydrogen-bond acceptors (Lipinski definition) is 5. The van der Waals surface area contributed by atoms with Gasteiger partial charge in [-0.1, -0.05) is 46.3 Å². The SMILES string of the molecule is CN(C)c1nc(N[C@H]2CC[C@@H](CNC(=O)Cc3ccccc3Br)CC2)nc2ccccc12. The summed E-state index contributed by atoms with van der Waals surface area (Å²) in [6, 6.07) is 16.4. The fourth-order valence-electron chi connectivity index (χ4n) is 4.29. The van der Waals surface area contributed by atoms with Crippen molar-refractivity contribution in [2.75, 3.05) is 30.9 Å². The van der Waals surface area contributed by atoms with Crippen LogP contribution >= 0.6 is 15.9 Å². The Morgan fingerprint density at radius 3 is 2.50 bits per heavy atom. The number of carbonyl (C=O) groups is 1. The molecule has 0 unspecified atom stereocenters. The lowest BCUT2D eigenvalue weighted by molar-refractivity contribution is -0.120. The van der Waals surface area contributed by atoms with E-state index < -0.39 is 0 Å². The van der Waals surface area contributed by atoms with E-state index in [2.05, 4.69) is 32.6 Å². The van der Waals surface area contributed by atoms with Gasteiger partial charge in [0.2, 0.25) is 11.9 Å². The summed E-state index contributed by atoms with van der Waals surface area (Å²) in [5.41, 5.74) is 1.97. The van der Waals surface area contributed by atoms with Crippen LogP contribution in [0, 0.1) is 5.92 Å². The minimum atomic E-state index is 0.0814. The molecule has 0 atom stereocenters. The summed E-state index contributed by atoms with van der Waals surface area (Å²) < 4.78 is 0.982. The van der Waals surface area contributed by atoms with Gasteiger partial charge in [0.05, 0.1) is 11.9 Å². The zero-order valence-corrected chi connectivity index (χ0v) is 20.2. The van der Waals surface area contributed by atoms with E-state index in [0.717, 1.165) is 59.0 Å². The van der Waals surface area contributed by atoms with Crippen LogP contribution in [0.4, 0.5) is 11.8 Å². The van der Waals surface area contributed by atoms with Crippen molar-refractivity contribution in [3.63, 3.8) is 0 Å². The Hall–Kier alpha value is -2.67. The molecule has 1 amide bonds. The Balaban J connectivity index is 1.28. The normalized spacial score (nSPS) is 18.3. The molecule has 0 radical (unpaired) electrons. The van der Waals surface area contributed by atoms with Gasteiger partial charge in [-0.25, -0.2) is 4.98 Å². The Bertz CT molecular complexity index is 1080. The van der Waals surface area contributed by atoms with E-state index in [1.807, 2.05) is 61.5 Å². The second-order valence-corrected chi connectivity index (χ2v) is 9.57. The lowest BCUT2D eigenvalue weighted by Gasteiger charge is -2.29. The van der Waals surface area contributed by atoms with Crippen molar-refractivity contribution in [3.05, 3.63) is 58.6 Å². The first-order valence-corrected chi connectivity index (χ1v) is 12.0. The van der Waals surface area contributed by atoms with Gasteiger partial charge in [0.1, 0.15) is 5.82 Å². The van der Waals surface area contributed by atoms with E-state index >= 15 is 0 Å². The van der Waals surface area contributed by atoms with Crippen LogP contribution in [0.2, 0.25) is 0 Å². The molecule has 0 saturated heterocycles. The van der Waals surface area contributed by atoms with Crippen LogP contribution in [0.15, 0.2) is 53.0 Å². The number of nitrogens with one attached hydrogen (secondary N) is 2. The number of nitrogens with zero attached hydrogens (tertiary/aromatic N) is 3. The number of para-hydroxylation sites is 1. The minimum Gasteiger partial charge on any atom is -0.362 e. The second-order valence-electron chi connectivity index (χ2n) is 8.72. The standard InChI is InChI=1S/C25H30BrN5O/c1-31(2)24-20-8-4-6-10-22(20)29-25(30-24)28-19-13-11-17(12-14-19)16-27-23(32)15-18-7-3-5-9-21(18)26/h3-10,17,19H,11-16H2,1-2H3,(H,27,32)(H,28,29,30)/t17-,19+. The van der Waals surface area contributed by atoms with E-state index in [9.17, 15) is 4.79 Å². The van der Waals surface area contributed by atoms with Crippen LogP contribution in [0.5, 0.6) is 0 Å². The van der Waals surface area contributed by atoms with Crippen LogP contribution in [-0.4, -0.2) is 42.6 Å². The maximum atomic E-state index is 12.3. The quantitative estimate of drug-likeness (QED) is 0.493. The van der Waals surface area contributed by atoms with Crippen molar-refractivity contribution < 1.29 is 4.79 Å². The number of amides is 1. The number of aromatic nitrogens is 2. The van der Waals surface area contributed by atoms with Gasteiger partial charge >= 0.3 is 0 Å². The van der Waals surface area contributed by atoms with Crippen molar-refractivity contribution in [3.8, 4) is 0 Å². The van der Waals surface area contributed by atoms with Gasteiger partial charge in [0, 0.05) is 36.5 Å². The minimum absolute atomic E-state index is 0.0814. The summed E-state index contributed by atoms with van der Waals surface area (Å²) in [6.07, 6.45) is 4.69. The highest BCUT2D eigenvalue weighted by Crippen LogP contribution is 2.28. The highest BCUT2D eigenvalue weighted by atomic mass is 79.9. The molecule has 0 bridgehead atoms. The summed E-state index contributed by atoms with van der Waals surface area (Å²) in [5.74, 6) is 2.22. The van der Waals surface area contributed by atoms with Crippen LogP contribution in [0.25, 0.3) is 10.9 Å². The maximum absolute atomic E-state index is 12.3. The molecule has 1 aliphatic carbocycles. The number of fused-ring (bicyclic) bond motifs is 1. The Kier molecular flexibility index (Phi) is 7.25. The van der Waals surface area contributed by atoms with Crippen LogP contribution < -0.4 is 15.5 Å². The van der Waals surface area contributed by atoms with Gasteiger partial charge in [0.15, 0.2) is 0 Å². The lowest BCUT2D eigenvalue weighted by atomic mass is 9.86. The van der Waals surface area contributed by atoms with E-state index in [4.69, 9.17) is 9.97 Å². The molecule has 1 aliphatic rings. The number of halogens is 1. The molecule has 4 rings (SSSR count). The Morgan fingerprint density at radius 1 is 1.03 bits per heavy atom. The smallest absolute Gasteiger partial charge is 0.225 e. The van der Waals surface area contributed by atoms with Gasteiger partial charge in [-0.2, -0.15) is 4.98 Å². The molecule has 6 nitrogen and oxygen atoms in total. The molecule has 0 aliphatic heterocycles. The van der Waals surface area contributed by atoms with Crippen molar-refractivity contribution in [1.82, 2.24) is 15.3 Å². The highest BCUT2D eigenvalue weighted by molar-refractivity contribution is 9.10. The maximum Gasteiger partial charge on any atom is 0.225 e. The van der Waals surface area contributed by atoms with Crippen LogP contribution in [0.1, 0.15) is 31.2 Å². The summed E-state index contributed by atoms with van der Waals surface area (Å²) in [7, 11) is 4.02. The number of rotatable bonds is 7. The predicted octanol–water partition coefficient (Wildman–Crippen LogP) is 4.79. The summed E-state index contributed by atoms with van der Waals surface area (Å²) in [5, 5.41) is 7.73. The molecule has 1 aromatic heterocycles. The van der Waals surface area contributed by atoms with E-state index in [0.29, 0.717) is 24.3 Å². The van der Waals surface area contributed by atoms with Gasteiger partial charge in [-0.3, -0.25) is 4.79 Å². The van der Waals surface area contributed by atoms with Gasteiger partial charge in [0.25, 0.3) is 0 Å². The van der Waals surface area contributed by atoms with Gasteiger partial charge in [-0.05, 0) is 55.4 Å². The second kappa shape index (κ2) is 10.3. The first-order chi connectivity index (χ1) is 15.5. The lowest BCUT2D eigenvalue weighted by Crippen LogP contribution is -2.34. The van der Waals surface area contributed by atoms with Crippen molar-refractivity contribution in [1.29, 1.82) is 0 Å². The number of hydrogen-bond donors (Lipinski definition) is 2. The van der Waals surface area contributed by atoms with Crippen molar-refractivity contribution >= 4 is 44.5 Å². The molecule has 1 heterocycles. The fourth-order valence-corrected chi connectivity index (χ4v) is 4.72. The summed E-state index contributed by atoms with van der Waals surface area (Å²) >= 11 is 3.51. The average Bonchev–Trinajstić information content (AvgIpc) is 2.79. The van der Waals surface area contributed by atoms with Gasteiger partial charge in [-0.15, -0.1) is 0 Å². The summed E-state index contributed by atoms with van der Waals surface area (Å²) in [6.45, 7) is 0.743. The predicted molar refractivity (Wildman–Crippen MR) is 134 cm³/mol. The number of benzene rings is 2. The molecular weight excluding hydrogens is 466 g/mol. The number of carbonyl (C=O) groups excluding carboxylic acids is 1. The molecule has 2 aromatic carbocycles. The van der Waals surface area contributed by atoms with E-state index in [1.54, 1.807) is 0 Å². The third kappa shape index (κ3) is 5.57. The molecule has 168 valence electrons. The van der Waals surface area contributed by atoms with E-state index in [-0.39, 0.29) is 5.91 Å². The van der Waals surface area contributed by atoms with E-state index in [1.165, 1.54) is 0 Å². The molecule has 7 heteroatoms. The monoisotopic (exact) mass is 495 g/mol. The zero-order chi connectivity index (χ0) is 22.5. The molecule has 2 N–H and O–H groups in total. The molecular formula is C25H30BrN5O. The zero-order valence-electron chi connectivity index (χ0n) is 18.6. The molecule has 3 aromatic rings.